The number of ketones is 1. The maximum Gasteiger partial charge on any atom is 0.315 e. The summed E-state index contributed by atoms with van der Waals surface area (Å²) in [5, 5.41) is 0. The third-order valence-electron chi connectivity index (χ3n) is 5.68. The average Bonchev–Trinajstić information content (AvgIpc) is 2.73. The van der Waals surface area contributed by atoms with Gasteiger partial charge < -0.3 is 4.74 Å². The molecule has 5 nitrogen and oxygen atoms in total. The number of benzene rings is 1. The number of aromatic nitrogens is 1. The first-order valence-electron chi connectivity index (χ1n) is 9.44. The van der Waals surface area contributed by atoms with Crippen molar-refractivity contribution < 1.29 is 14.3 Å². The van der Waals surface area contributed by atoms with Gasteiger partial charge in [-0.3, -0.25) is 19.6 Å². The maximum atomic E-state index is 13.3. The topological polar surface area (TPSA) is 68.6 Å². The molecule has 0 saturated carbocycles. The lowest BCUT2D eigenvalue weighted by molar-refractivity contribution is -0.143. The molecule has 0 radical (unpaired) electrons. The van der Waals surface area contributed by atoms with Gasteiger partial charge in [0, 0.05) is 41.7 Å². The Kier molecular flexibility index (Phi) is 4.90. The SMILES string of the molecule is COC(=O)C1C(C)=NC2=C(C(=O)C[C@@H](c3ccccc3)C2)[C@H]1c1ccncc1. The molecule has 5 heteroatoms. The summed E-state index contributed by atoms with van der Waals surface area (Å²) < 4.78 is 5.05. The van der Waals surface area contributed by atoms with Gasteiger partial charge in [-0.2, -0.15) is 0 Å². The Balaban J connectivity index is 1.81. The summed E-state index contributed by atoms with van der Waals surface area (Å²) in [6, 6.07) is 13.8. The first-order valence-corrected chi connectivity index (χ1v) is 9.44. The Labute approximate surface area is 164 Å². The van der Waals surface area contributed by atoms with Gasteiger partial charge in [-0.15, -0.1) is 0 Å². The van der Waals surface area contributed by atoms with E-state index >= 15 is 0 Å². The quantitative estimate of drug-likeness (QED) is 0.766. The Morgan fingerprint density at radius 1 is 1.04 bits per heavy atom. The minimum atomic E-state index is -0.594. The Bertz CT molecular complexity index is 964. The van der Waals surface area contributed by atoms with E-state index in [1.54, 1.807) is 12.4 Å². The number of aliphatic imine (C=N–C) groups is 1. The molecule has 0 bridgehead atoms. The van der Waals surface area contributed by atoms with Crippen LogP contribution in [0.15, 0.2) is 71.1 Å². The molecule has 1 aromatic carbocycles. The van der Waals surface area contributed by atoms with Gasteiger partial charge in [-0.1, -0.05) is 30.3 Å². The van der Waals surface area contributed by atoms with E-state index in [1.165, 1.54) is 7.11 Å². The number of allylic oxidation sites excluding steroid dienone is 2. The molecule has 3 atom stereocenters. The summed E-state index contributed by atoms with van der Waals surface area (Å²) in [6.45, 7) is 1.84. The molecule has 0 fully saturated rings. The van der Waals surface area contributed by atoms with Crippen LogP contribution < -0.4 is 0 Å². The zero-order chi connectivity index (χ0) is 19.7. The van der Waals surface area contributed by atoms with Gasteiger partial charge in [-0.05, 0) is 42.5 Å². The average molecular weight is 374 g/mol. The highest BCUT2D eigenvalue weighted by Crippen LogP contribution is 2.46. The van der Waals surface area contributed by atoms with Crippen LogP contribution in [0, 0.1) is 5.92 Å². The lowest BCUT2D eigenvalue weighted by atomic mass is 9.69. The Hall–Kier alpha value is -3.08. The van der Waals surface area contributed by atoms with Gasteiger partial charge in [0.1, 0.15) is 5.92 Å². The molecule has 0 amide bonds. The summed E-state index contributed by atoms with van der Waals surface area (Å²) in [7, 11) is 1.37. The van der Waals surface area contributed by atoms with Crippen molar-refractivity contribution in [2.75, 3.05) is 7.11 Å². The molecule has 2 aliphatic rings. The minimum Gasteiger partial charge on any atom is -0.468 e. The fraction of sp³-hybridized carbons (Fsp3) is 0.304. The van der Waals surface area contributed by atoms with Crippen molar-refractivity contribution in [1.29, 1.82) is 0 Å². The standard InChI is InChI=1S/C23H22N2O3/c1-14-20(23(27)28-2)21(16-8-10-24-11-9-16)22-18(25-14)12-17(13-19(22)26)15-6-4-3-5-7-15/h3-11,17,20-21H,12-13H2,1-2H3/t17-,20?,21-/m0/s1. The van der Waals surface area contributed by atoms with Crippen LogP contribution in [-0.2, 0) is 14.3 Å². The van der Waals surface area contributed by atoms with E-state index in [0.29, 0.717) is 24.1 Å². The molecule has 1 unspecified atom stereocenters. The van der Waals surface area contributed by atoms with E-state index in [2.05, 4.69) is 17.1 Å². The van der Waals surface area contributed by atoms with Crippen LogP contribution in [-0.4, -0.2) is 29.6 Å². The fourth-order valence-electron chi connectivity index (χ4n) is 4.38. The van der Waals surface area contributed by atoms with Crippen molar-refractivity contribution in [1.82, 2.24) is 4.98 Å². The van der Waals surface area contributed by atoms with Gasteiger partial charge in [0.25, 0.3) is 0 Å². The monoisotopic (exact) mass is 374 g/mol. The molecule has 4 rings (SSSR count). The lowest BCUT2D eigenvalue weighted by Crippen LogP contribution is -2.37. The highest BCUT2D eigenvalue weighted by Gasteiger charge is 2.44. The molecule has 0 saturated heterocycles. The second kappa shape index (κ2) is 7.50. The zero-order valence-electron chi connectivity index (χ0n) is 16.0. The van der Waals surface area contributed by atoms with Crippen LogP contribution in [0.1, 0.15) is 42.7 Å². The number of carbonyl (C=O) groups excluding carboxylic acids is 2. The van der Waals surface area contributed by atoms with Gasteiger partial charge in [-0.25, -0.2) is 0 Å². The Morgan fingerprint density at radius 2 is 1.75 bits per heavy atom. The predicted octanol–water partition coefficient (Wildman–Crippen LogP) is 3.83. The van der Waals surface area contributed by atoms with Gasteiger partial charge in [0.15, 0.2) is 5.78 Å². The molecule has 1 aliphatic carbocycles. The molecular formula is C23H22N2O3. The second-order valence-corrected chi connectivity index (χ2v) is 7.31. The predicted molar refractivity (Wildman–Crippen MR) is 106 cm³/mol. The fourth-order valence-corrected chi connectivity index (χ4v) is 4.38. The Morgan fingerprint density at radius 3 is 2.43 bits per heavy atom. The summed E-state index contributed by atoms with van der Waals surface area (Å²) >= 11 is 0. The van der Waals surface area contributed by atoms with E-state index in [-0.39, 0.29) is 23.6 Å². The van der Waals surface area contributed by atoms with Crippen molar-refractivity contribution in [2.24, 2.45) is 10.9 Å². The third kappa shape index (κ3) is 3.17. The number of ether oxygens (including phenoxy) is 1. The minimum absolute atomic E-state index is 0.0575. The maximum absolute atomic E-state index is 13.3. The smallest absolute Gasteiger partial charge is 0.315 e. The zero-order valence-corrected chi connectivity index (χ0v) is 16.0. The van der Waals surface area contributed by atoms with E-state index in [0.717, 1.165) is 16.8 Å². The summed E-state index contributed by atoms with van der Waals surface area (Å²) in [6.07, 6.45) is 4.49. The van der Waals surface area contributed by atoms with Gasteiger partial charge >= 0.3 is 5.97 Å². The molecule has 2 aromatic rings. The second-order valence-electron chi connectivity index (χ2n) is 7.31. The lowest BCUT2D eigenvalue weighted by Gasteiger charge is -2.36. The number of pyridine rings is 1. The number of esters is 1. The van der Waals surface area contributed by atoms with Crippen LogP contribution in [0.2, 0.25) is 0 Å². The van der Waals surface area contributed by atoms with Crippen LogP contribution in [0.5, 0.6) is 0 Å². The van der Waals surface area contributed by atoms with Crippen LogP contribution in [0.25, 0.3) is 0 Å². The van der Waals surface area contributed by atoms with E-state index in [9.17, 15) is 9.59 Å². The van der Waals surface area contributed by atoms with Crippen molar-refractivity contribution in [3.8, 4) is 0 Å². The molecule has 2 heterocycles. The largest absolute Gasteiger partial charge is 0.468 e. The summed E-state index contributed by atoms with van der Waals surface area (Å²) in [5.41, 5.74) is 4.17. The summed E-state index contributed by atoms with van der Waals surface area (Å²) in [5.74, 6) is -1.18. The van der Waals surface area contributed by atoms with E-state index in [1.807, 2.05) is 37.3 Å². The van der Waals surface area contributed by atoms with Crippen molar-refractivity contribution in [3.05, 3.63) is 77.3 Å². The normalized spacial score (nSPS) is 24.4. The highest BCUT2D eigenvalue weighted by molar-refractivity contribution is 6.09. The van der Waals surface area contributed by atoms with Crippen molar-refractivity contribution in [2.45, 2.75) is 31.6 Å². The number of carbonyl (C=O) groups is 2. The number of Topliss-reactive ketones (excluding diaryl/α,β-unsaturated/α-hetero) is 1. The molecule has 1 aliphatic heterocycles. The number of rotatable bonds is 3. The molecule has 1 aromatic heterocycles. The van der Waals surface area contributed by atoms with Gasteiger partial charge in [0.2, 0.25) is 0 Å². The number of methoxy groups -OCH3 is 1. The van der Waals surface area contributed by atoms with E-state index in [4.69, 9.17) is 9.73 Å². The summed E-state index contributed by atoms with van der Waals surface area (Å²) in [4.78, 5) is 34.6. The van der Waals surface area contributed by atoms with Crippen LogP contribution in [0.3, 0.4) is 0 Å². The number of hydrogen-bond acceptors (Lipinski definition) is 5. The van der Waals surface area contributed by atoms with E-state index < -0.39 is 5.92 Å². The third-order valence-corrected chi connectivity index (χ3v) is 5.68. The molecule has 28 heavy (non-hydrogen) atoms. The van der Waals surface area contributed by atoms with Crippen LogP contribution in [0.4, 0.5) is 0 Å². The molecule has 0 N–H and O–H groups in total. The first kappa shape index (κ1) is 18.3. The van der Waals surface area contributed by atoms with Gasteiger partial charge in [0.05, 0.1) is 7.11 Å². The van der Waals surface area contributed by atoms with Crippen molar-refractivity contribution in [3.63, 3.8) is 0 Å². The number of nitrogens with zero attached hydrogens (tertiary/aromatic N) is 2. The first-order chi connectivity index (χ1) is 13.6. The number of hydrogen-bond donors (Lipinski definition) is 0. The molecule has 142 valence electrons. The van der Waals surface area contributed by atoms with Crippen molar-refractivity contribution >= 4 is 17.5 Å². The molecular weight excluding hydrogens is 352 g/mol. The highest BCUT2D eigenvalue weighted by atomic mass is 16.5. The van der Waals surface area contributed by atoms with Crippen LogP contribution >= 0.6 is 0 Å². The molecule has 0 spiro atoms.